The average molecular weight is 412 g/mol. The minimum Gasteiger partial charge on any atom is -0.495 e. The summed E-state index contributed by atoms with van der Waals surface area (Å²) in [6, 6.07) is 14.3. The van der Waals surface area contributed by atoms with Crippen LogP contribution in [0.25, 0.3) is 0 Å². The zero-order valence-electron chi connectivity index (χ0n) is 17.4. The van der Waals surface area contributed by atoms with Gasteiger partial charge in [-0.25, -0.2) is 0 Å². The van der Waals surface area contributed by atoms with Crippen molar-refractivity contribution in [3.8, 4) is 5.75 Å². The molecule has 1 saturated heterocycles. The maximum absolute atomic E-state index is 13.4. The van der Waals surface area contributed by atoms with Crippen molar-refractivity contribution in [2.24, 2.45) is 5.92 Å². The van der Waals surface area contributed by atoms with Crippen LogP contribution in [0.2, 0.25) is 5.02 Å². The molecule has 2 aromatic rings. The van der Waals surface area contributed by atoms with Gasteiger partial charge in [0.05, 0.1) is 12.1 Å². The van der Waals surface area contributed by atoms with E-state index in [-0.39, 0.29) is 17.6 Å². The smallest absolute Gasteiger partial charge is 0.167 e. The number of likely N-dealkylation sites (N-methyl/N-ethyl adjacent to an activating group) is 1. The number of benzene rings is 2. The first-order valence-corrected chi connectivity index (χ1v) is 11.1. The second-order valence-electron chi connectivity index (χ2n) is 8.65. The Bertz CT molecular complexity index is 858. The molecule has 0 bridgehead atoms. The second kappa shape index (κ2) is 8.89. The molecule has 0 amide bonds. The summed E-state index contributed by atoms with van der Waals surface area (Å²) in [4.78, 5) is 15.6. The van der Waals surface area contributed by atoms with Crippen LogP contribution in [0.15, 0.2) is 42.5 Å². The van der Waals surface area contributed by atoms with Gasteiger partial charge in [0, 0.05) is 30.5 Å². The summed E-state index contributed by atoms with van der Waals surface area (Å²) in [5.41, 5.74) is 3.33. The van der Waals surface area contributed by atoms with Gasteiger partial charge in [-0.15, -0.1) is 0 Å². The van der Waals surface area contributed by atoms with Crippen molar-refractivity contribution in [3.05, 3.63) is 64.2 Å². The molecule has 4 heteroatoms. The van der Waals surface area contributed by atoms with Crippen LogP contribution >= 0.6 is 11.6 Å². The van der Waals surface area contributed by atoms with Crippen molar-refractivity contribution in [3.63, 3.8) is 0 Å². The van der Waals surface area contributed by atoms with Gasteiger partial charge < -0.3 is 9.64 Å². The molecule has 3 nitrogen and oxygen atoms in total. The molecule has 0 spiro atoms. The number of carbonyl (C=O) groups is 1. The summed E-state index contributed by atoms with van der Waals surface area (Å²) < 4.78 is 5.28. The number of Topliss-reactive ketones (excluding diaryl/α,β-unsaturated/α-hetero) is 1. The van der Waals surface area contributed by atoms with Crippen molar-refractivity contribution in [1.29, 1.82) is 0 Å². The van der Waals surface area contributed by atoms with Gasteiger partial charge in [0.1, 0.15) is 5.75 Å². The van der Waals surface area contributed by atoms with Crippen LogP contribution in [0.3, 0.4) is 0 Å². The van der Waals surface area contributed by atoms with Gasteiger partial charge >= 0.3 is 0 Å². The van der Waals surface area contributed by atoms with E-state index in [1.807, 2.05) is 30.3 Å². The molecular weight excluding hydrogens is 382 g/mol. The lowest BCUT2D eigenvalue weighted by Gasteiger charge is -2.22. The molecule has 4 rings (SSSR count). The molecule has 1 aliphatic carbocycles. The van der Waals surface area contributed by atoms with Crippen LogP contribution in [-0.4, -0.2) is 37.9 Å². The molecule has 2 fully saturated rings. The Hall–Kier alpha value is -1.84. The lowest BCUT2D eigenvalue weighted by atomic mass is 9.82. The average Bonchev–Trinajstić information content (AvgIpc) is 3.15. The summed E-state index contributed by atoms with van der Waals surface area (Å²) in [6.07, 6.45) is 6.57. The van der Waals surface area contributed by atoms with E-state index >= 15 is 0 Å². The zero-order valence-corrected chi connectivity index (χ0v) is 18.1. The molecule has 154 valence electrons. The van der Waals surface area contributed by atoms with E-state index in [0.29, 0.717) is 16.7 Å². The van der Waals surface area contributed by atoms with Gasteiger partial charge in [0.2, 0.25) is 0 Å². The number of methoxy groups -OCH3 is 1. The third-order valence-electron chi connectivity index (χ3n) is 6.71. The first-order valence-electron chi connectivity index (χ1n) is 10.7. The fourth-order valence-electron chi connectivity index (χ4n) is 5.09. The van der Waals surface area contributed by atoms with Crippen LogP contribution in [0.5, 0.6) is 5.75 Å². The van der Waals surface area contributed by atoms with E-state index in [9.17, 15) is 4.79 Å². The van der Waals surface area contributed by atoms with E-state index < -0.39 is 0 Å². The number of rotatable bonds is 5. The third kappa shape index (κ3) is 4.36. The number of hydrogen-bond donors (Lipinski definition) is 0. The van der Waals surface area contributed by atoms with E-state index in [1.165, 1.54) is 37.7 Å². The quantitative estimate of drug-likeness (QED) is 0.571. The number of halogens is 1. The van der Waals surface area contributed by atoms with E-state index in [1.54, 1.807) is 7.11 Å². The fourth-order valence-corrected chi connectivity index (χ4v) is 5.35. The van der Waals surface area contributed by atoms with Gasteiger partial charge in [-0.1, -0.05) is 61.2 Å². The molecule has 0 N–H and O–H groups in total. The Labute approximate surface area is 179 Å². The normalized spacial score (nSPS) is 23.3. The summed E-state index contributed by atoms with van der Waals surface area (Å²) in [6.45, 7) is 1.64. The van der Waals surface area contributed by atoms with Crippen LogP contribution in [0.4, 0.5) is 0 Å². The summed E-state index contributed by atoms with van der Waals surface area (Å²) >= 11 is 6.36. The molecule has 2 aliphatic rings. The van der Waals surface area contributed by atoms with E-state index in [2.05, 4.69) is 24.1 Å². The maximum atomic E-state index is 13.4. The van der Waals surface area contributed by atoms with Crippen LogP contribution in [0.1, 0.15) is 65.4 Å². The number of ketones is 1. The maximum Gasteiger partial charge on any atom is 0.167 e. The molecule has 1 saturated carbocycles. The minimum absolute atomic E-state index is 0.0509. The minimum atomic E-state index is -0.0509. The standard InChI is InChI=1S/C25H30ClNO2/c1-27-15-21(20-12-13-24(29-2)23(26)14-20)22(16-27)25(28)19-10-8-18(9-11-19)17-6-4-3-5-7-17/h8-14,17,21-22H,3-7,15-16H2,1-2H3/t21-,22+/m1/s1. The van der Waals surface area contributed by atoms with Crippen LogP contribution in [-0.2, 0) is 0 Å². The Morgan fingerprint density at radius 2 is 1.69 bits per heavy atom. The highest BCUT2D eigenvalue weighted by atomic mass is 35.5. The molecule has 0 aromatic heterocycles. The summed E-state index contributed by atoms with van der Waals surface area (Å²) in [5, 5.41) is 0.600. The molecule has 1 aliphatic heterocycles. The Kier molecular flexibility index (Phi) is 6.26. The number of ether oxygens (including phenoxy) is 1. The first kappa shape index (κ1) is 20.4. The van der Waals surface area contributed by atoms with Crippen LogP contribution in [0, 0.1) is 5.92 Å². The first-order chi connectivity index (χ1) is 14.1. The molecule has 29 heavy (non-hydrogen) atoms. The molecule has 2 aromatic carbocycles. The lowest BCUT2D eigenvalue weighted by molar-refractivity contribution is 0.0915. The van der Waals surface area contributed by atoms with Gasteiger partial charge in [0.15, 0.2) is 5.78 Å². The topological polar surface area (TPSA) is 29.5 Å². The number of carbonyl (C=O) groups excluding carboxylic acids is 1. The second-order valence-corrected chi connectivity index (χ2v) is 9.06. The lowest BCUT2D eigenvalue weighted by Crippen LogP contribution is -2.22. The predicted molar refractivity (Wildman–Crippen MR) is 118 cm³/mol. The van der Waals surface area contributed by atoms with E-state index in [0.717, 1.165) is 24.2 Å². The number of hydrogen-bond acceptors (Lipinski definition) is 3. The van der Waals surface area contributed by atoms with Gasteiger partial charge in [-0.2, -0.15) is 0 Å². The summed E-state index contributed by atoms with van der Waals surface area (Å²) in [7, 11) is 3.70. The van der Waals surface area contributed by atoms with Crippen molar-refractivity contribution in [2.75, 3.05) is 27.2 Å². The molecular formula is C25H30ClNO2. The third-order valence-corrected chi connectivity index (χ3v) is 7.01. The van der Waals surface area contributed by atoms with Gasteiger partial charge in [-0.3, -0.25) is 4.79 Å². The van der Waals surface area contributed by atoms with Gasteiger partial charge in [0.25, 0.3) is 0 Å². The zero-order chi connectivity index (χ0) is 20.4. The highest BCUT2D eigenvalue weighted by Gasteiger charge is 2.37. The SMILES string of the molecule is COc1ccc([C@H]2CN(C)C[C@@H]2C(=O)c2ccc(C3CCCCC3)cc2)cc1Cl. The van der Waals surface area contributed by atoms with Crippen molar-refractivity contribution in [2.45, 2.75) is 43.9 Å². The molecule has 2 atom stereocenters. The highest BCUT2D eigenvalue weighted by molar-refractivity contribution is 6.32. The van der Waals surface area contributed by atoms with Gasteiger partial charge in [-0.05, 0) is 49.1 Å². The molecule has 0 unspecified atom stereocenters. The van der Waals surface area contributed by atoms with E-state index in [4.69, 9.17) is 16.3 Å². The fraction of sp³-hybridized carbons (Fsp3) is 0.480. The van der Waals surface area contributed by atoms with Crippen LogP contribution < -0.4 is 4.74 Å². The van der Waals surface area contributed by atoms with Crippen molar-refractivity contribution in [1.82, 2.24) is 4.90 Å². The number of likely N-dealkylation sites (tertiary alicyclic amines) is 1. The highest BCUT2D eigenvalue weighted by Crippen LogP contribution is 2.38. The van der Waals surface area contributed by atoms with Crippen molar-refractivity contribution < 1.29 is 9.53 Å². The molecule has 1 heterocycles. The molecule has 0 radical (unpaired) electrons. The Morgan fingerprint density at radius 1 is 1.00 bits per heavy atom. The number of nitrogens with zero attached hydrogens (tertiary/aromatic N) is 1. The summed E-state index contributed by atoms with van der Waals surface area (Å²) in [5.74, 6) is 1.67. The Balaban J connectivity index is 1.54. The monoisotopic (exact) mass is 411 g/mol. The largest absolute Gasteiger partial charge is 0.495 e. The van der Waals surface area contributed by atoms with Crippen molar-refractivity contribution >= 4 is 17.4 Å². The predicted octanol–water partition coefficient (Wildman–Crippen LogP) is 5.92. The Morgan fingerprint density at radius 3 is 2.34 bits per heavy atom.